The Labute approximate surface area is 84.4 Å². The molecule has 2 aliphatic rings. The fourth-order valence-corrected chi connectivity index (χ4v) is 2.46. The molecule has 80 valence electrons. The highest BCUT2D eigenvalue weighted by Gasteiger charge is 2.37. The Balaban J connectivity index is 2.01. The molecular weight excluding hydrogens is 180 g/mol. The van der Waals surface area contributed by atoms with Gasteiger partial charge in [0.2, 0.25) is 0 Å². The number of hydrogen-bond donors (Lipinski definition) is 1. The molecule has 1 saturated heterocycles. The summed E-state index contributed by atoms with van der Waals surface area (Å²) < 4.78 is 5.03. The molecule has 1 heterocycles. The van der Waals surface area contributed by atoms with Crippen molar-refractivity contribution in [3.8, 4) is 0 Å². The molecule has 1 saturated carbocycles. The molecule has 1 unspecified atom stereocenters. The second-order valence-corrected chi connectivity index (χ2v) is 4.17. The van der Waals surface area contributed by atoms with E-state index in [1.54, 1.807) is 0 Å². The fourth-order valence-electron chi connectivity index (χ4n) is 2.46. The van der Waals surface area contributed by atoms with E-state index in [1.807, 2.05) is 4.90 Å². The molecule has 2 N–H and O–H groups in total. The van der Waals surface area contributed by atoms with E-state index in [9.17, 15) is 4.79 Å². The van der Waals surface area contributed by atoms with Gasteiger partial charge < -0.3 is 10.5 Å². The molecular formula is C10H18N2O2. The fraction of sp³-hybridized carbons (Fsp3) is 0.900. The summed E-state index contributed by atoms with van der Waals surface area (Å²) >= 11 is 0. The van der Waals surface area contributed by atoms with E-state index in [2.05, 4.69) is 0 Å². The molecule has 2 rings (SSSR count). The third-order valence-electron chi connectivity index (χ3n) is 3.24. The van der Waals surface area contributed by atoms with E-state index in [0.29, 0.717) is 19.2 Å². The number of ether oxygens (including phenoxy) is 1. The molecule has 1 aliphatic carbocycles. The van der Waals surface area contributed by atoms with Gasteiger partial charge in [0.15, 0.2) is 0 Å². The van der Waals surface area contributed by atoms with E-state index >= 15 is 0 Å². The van der Waals surface area contributed by atoms with Gasteiger partial charge in [-0.25, -0.2) is 4.79 Å². The van der Waals surface area contributed by atoms with Crippen LogP contribution in [0, 0.1) is 0 Å². The number of amides is 1. The van der Waals surface area contributed by atoms with Gasteiger partial charge in [-0.1, -0.05) is 19.3 Å². The first kappa shape index (κ1) is 9.77. The lowest BCUT2D eigenvalue weighted by atomic mass is 9.93. The van der Waals surface area contributed by atoms with Gasteiger partial charge >= 0.3 is 6.09 Å². The summed E-state index contributed by atoms with van der Waals surface area (Å²) in [6.45, 7) is 0.994. The van der Waals surface area contributed by atoms with Gasteiger partial charge in [0.25, 0.3) is 0 Å². The van der Waals surface area contributed by atoms with Gasteiger partial charge in [0.05, 0.1) is 6.04 Å². The SMILES string of the molecule is NCC1COC(=O)N1C1CCCCC1. The van der Waals surface area contributed by atoms with Crippen molar-refractivity contribution in [1.82, 2.24) is 4.90 Å². The van der Waals surface area contributed by atoms with Crippen molar-refractivity contribution in [2.75, 3.05) is 13.2 Å². The molecule has 0 spiro atoms. The van der Waals surface area contributed by atoms with Crippen molar-refractivity contribution in [3.05, 3.63) is 0 Å². The zero-order valence-corrected chi connectivity index (χ0v) is 8.45. The van der Waals surface area contributed by atoms with Crippen LogP contribution in [0.15, 0.2) is 0 Å². The van der Waals surface area contributed by atoms with Gasteiger partial charge in [-0.15, -0.1) is 0 Å². The van der Waals surface area contributed by atoms with E-state index in [-0.39, 0.29) is 12.1 Å². The highest BCUT2D eigenvalue weighted by molar-refractivity contribution is 5.70. The van der Waals surface area contributed by atoms with E-state index < -0.39 is 0 Å². The van der Waals surface area contributed by atoms with Crippen LogP contribution in [0.3, 0.4) is 0 Å². The van der Waals surface area contributed by atoms with Crippen molar-refractivity contribution in [2.45, 2.75) is 44.2 Å². The van der Waals surface area contributed by atoms with Gasteiger partial charge in [0, 0.05) is 12.6 Å². The Hall–Kier alpha value is -0.770. The second-order valence-electron chi connectivity index (χ2n) is 4.17. The largest absolute Gasteiger partial charge is 0.447 e. The third-order valence-corrected chi connectivity index (χ3v) is 3.24. The zero-order chi connectivity index (χ0) is 9.97. The highest BCUT2D eigenvalue weighted by Crippen LogP contribution is 2.27. The second kappa shape index (κ2) is 4.17. The van der Waals surface area contributed by atoms with E-state index in [1.165, 1.54) is 19.3 Å². The minimum Gasteiger partial charge on any atom is -0.447 e. The molecule has 0 aromatic heterocycles. The molecule has 0 bridgehead atoms. The van der Waals surface area contributed by atoms with Crippen LogP contribution in [-0.2, 0) is 4.74 Å². The van der Waals surface area contributed by atoms with Gasteiger partial charge in [-0.05, 0) is 12.8 Å². The molecule has 1 amide bonds. The number of nitrogens with two attached hydrogens (primary N) is 1. The first-order valence-electron chi connectivity index (χ1n) is 5.48. The number of nitrogens with zero attached hydrogens (tertiary/aromatic N) is 1. The summed E-state index contributed by atoms with van der Waals surface area (Å²) in [7, 11) is 0. The third kappa shape index (κ3) is 1.71. The number of carbonyl (C=O) groups excluding carboxylic acids is 1. The maximum atomic E-state index is 11.5. The van der Waals surface area contributed by atoms with Crippen molar-refractivity contribution >= 4 is 6.09 Å². The number of hydrogen-bond acceptors (Lipinski definition) is 3. The van der Waals surface area contributed by atoms with E-state index in [4.69, 9.17) is 10.5 Å². The molecule has 0 aromatic carbocycles. The molecule has 4 nitrogen and oxygen atoms in total. The average molecular weight is 198 g/mol. The standard InChI is InChI=1S/C10H18N2O2/c11-6-9-7-14-10(13)12(9)8-4-2-1-3-5-8/h8-9H,1-7,11H2. The summed E-state index contributed by atoms with van der Waals surface area (Å²) in [5.41, 5.74) is 5.62. The average Bonchev–Trinajstić information content (AvgIpc) is 2.61. The van der Waals surface area contributed by atoms with Crippen LogP contribution < -0.4 is 5.73 Å². The molecule has 2 fully saturated rings. The van der Waals surface area contributed by atoms with Crippen LogP contribution >= 0.6 is 0 Å². The molecule has 1 aliphatic heterocycles. The van der Waals surface area contributed by atoms with E-state index in [0.717, 1.165) is 12.8 Å². The molecule has 0 radical (unpaired) electrons. The maximum absolute atomic E-state index is 11.5. The lowest BCUT2D eigenvalue weighted by molar-refractivity contribution is 0.132. The molecule has 14 heavy (non-hydrogen) atoms. The monoisotopic (exact) mass is 198 g/mol. The molecule has 1 atom stereocenters. The van der Waals surface area contributed by atoms with Crippen molar-refractivity contribution < 1.29 is 9.53 Å². The number of rotatable bonds is 2. The first-order valence-corrected chi connectivity index (χ1v) is 5.48. The van der Waals surface area contributed by atoms with Gasteiger partial charge in [-0.3, -0.25) is 4.90 Å². The lowest BCUT2D eigenvalue weighted by Crippen LogP contribution is -2.46. The van der Waals surface area contributed by atoms with Gasteiger partial charge in [-0.2, -0.15) is 0 Å². The topological polar surface area (TPSA) is 55.6 Å². The predicted octanol–water partition coefficient (Wildman–Crippen LogP) is 1.10. The highest BCUT2D eigenvalue weighted by atomic mass is 16.6. The maximum Gasteiger partial charge on any atom is 0.410 e. The molecule has 0 aromatic rings. The predicted molar refractivity (Wildman–Crippen MR) is 52.9 cm³/mol. The summed E-state index contributed by atoms with van der Waals surface area (Å²) in [6.07, 6.45) is 5.83. The number of cyclic esters (lactones) is 1. The summed E-state index contributed by atoms with van der Waals surface area (Å²) in [4.78, 5) is 13.4. The van der Waals surface area contributed by atoms with Crippen LogP contribution in [0.5, 0.6) is 0 Å². The minimum absolute atomic E-state index is 0.116. The lowest BCUT2D eigenvalue weighted by Gasteiger charge is -2.32. The normalized spacial score (nSPS) is 29.4. The van der Waals surface area contributed by atoms with Crippen LogP contribution in [0.2, 0.25) is 0 Å². The van der Waals surface area contributed by atoms with Crippen molar-refractivity contribution in [1.29, 1.82) is 0 Å². The Kier molecular flexibility index (Phi) is 2.91. The Morgan fingerprint density at radius 2 is 2.07 bits per heavy atom. The molecule has 4 heteroatoms. The van der Waals surface area contributed by atoms with Gasteiger partial charge in [0.1, 0.15) is 6.61 Å². The Morgan fingerprint density at radius 3 is 2.71 bits per heavy atom. The van der Waals surface area contributed by atoms with Crippen LogP contribution in [0.4, 0.5) is 4.79 Å². The summed E-state index contributed by atoms with van der Waals surface area (Å²) in [6, 6.07) is 0.498. The summed E-state index contributed by atoms with van der Waals surface area (Å²) in [5, 5.41) is 0. The minimum atomic E-state index is -0.160. The van der Waals surface area contributed by atoms with Crippen LogP contribution in [0.1, 0.15) is 32.1 Å². The quantitative estimate of drug-likeness (QED) is 0.722. The van der Waals surface area contributed by atoms with Crippen molar-refractivity contribution in [3.63, 3.8) is 0 Å². The Bertz CT molecular complexity index is 214. The number of carbonyl (C=O) groups is 1. The van der Waals surface area contributed by atoms with Crippen LogP contribution in [0.25, 0.3) is 0 Å². The zero-order valence-electron chi connectivity index (χ0n) is 8.45. The summed E-state index contributed by atoms with van der Waals surface area (Å²) in [5.74, 6) is 0. The smallest absolute Gasteiger partial charge is 0.410 e. The first-order chi connectivity index (χ1) is 6.83. The van der Waals surface area contributed by atoms with Crippen molar-refractivity contribution in [2.24, 2.45) is 5.73 Å². The van der Waals surface area contributed by atoms with Crippen LogP contribution in [-0.4, -0.2) is 36.2 Å². The Morgan fingerprint density at radius 1 is 1.36 bits per heavy atom.